The number of carbonyl (C=O) groups is 2. The molecule has 0 aliphatic carbocycles. The number of hydrogen-bond donors (Lipinski definition) is 3. The number of carbonyl (C=O) groups excluding carboxylic acids is 2. The number of nitrogens with one attached hydrogen (secondary N) is 3. The van der Waals surface area contributed by atoms with Crippen molar-refractivity contribution in [1.82, 2.24) is 10.2 Å². The third kappa shape index (κ3) is 3.65. The van der Waals surface area contributed by atoms with Gasteiger partial charge in [-0.3, -0.25) is 14.7 Å². The van der Waals surface area contributed by atoms with E-state index in [0.717, 1.165) is 16.8 Å². The van der Waals surface area contributed by atoms with Crippen molar-refractivity contribution in [2.75, 3.05) is 10.6 Å². The van der Waals surface area contributed by atoms with Crippen molar-refractivity contribution in [3.05, 3.63) is 76.2 Å². The number of H-pyrrole nitrogens is 1. The zero-order chi connectivity index (χ0) is 19.7. The molecule has 0 atom stereocenters. The van der Waals surface area contributed by atoms with Crippen molar-refractivity contribution in [3.63, 3.8) is 0 Å². The van der Waals surface area contributed by atoms with Crippen molar-refractivity contribution in [3.8, 4) is 0 Å². The van der Waals surface area contributed by atoms with Crippen LogP contribution in [0.5, 0.6) is 0 Å². The molecule has 0 radical (unpaired) electrons. The van der Waals surface area contributed by atoms with Crippen LogP contribution in [0.25, 0.3) is 10.2 Å². The zero-order valence-corrected chi connectivity index (χ0v) is 16.2. The summed E-state index contributed by atoms with van der Waals surface area (Å²) in [4.78, 5) is 26.2. The first-order chi connectivity index (χ1) is 13.5. The topological polar surface area (TPSA) is 86.9 Å². The lowest BCUT2D eigenvalue weighted by molar-refractivity contribution is 0.102. The molecule has 6 nitrogen and oxygen atoms in total. The summed E-state index contributed by atoms with van der Waals surface area (Å²) in [6.07, 6.45) is 0. The predicted molar refractivity (Wildman–Crippen MR) is 112 cm³/mol. The fraction of sp³-hybridized carbons (Fsp3) is 0.0952. The molecule has 0 bridgehead atoms. The van der Waals surface area contributed by atoms with Gasteiger partial charge in [0, 0.05) is 11.3 Å². The molecule has 2 aromatic carbocycles. The Hall–Kier alpha value is -3.45. The minimum Gasteiger partial charge on any atom is -0.321 e. The molecule has 0 spiro atoms. The van der Waals surface area contributed by atoms with Crippen LogP contribution in [0.1, 0.15) is 31.2 Å². The molecule has 0 unspecified atom stereocenters. The first kappa shape index (κ1) is 17.9. The van der Waals surface area contributed by atoms with Crippen LogP contribution in [0, 0.1) is 13.8 Å². The van der Waals surface area contributed by atoms with Gasteiger partial charge >= 0.3 is 0 Å². The van der Waals surface area contributed by atoms with Crippen LogP contribution in [0.4, 0.5) is 11.5 Å². The van der Waals surface area contributed by atoms with E-state index in [1.807, 2.05) is 50.2 Å². The third-order valence-electron chi connectivity index (χ3n) is 4.34. The maximum atomic E-state index is 12.5. The number of fused-ring (bicyclic) bond motifs is 1. The molecule has 0 saturated heterocycles. The minimum atomic E-state index is -0.234. The van der Waals surface area contributed by atoms with Crippen molar-refractivity contribution in [1.29, 1.82) is 0 Å². The molecule has 3 N–H and O–H groups in total. The Balaban J connectivity index is 1.53. The van der Waals surface area contributed by atoms with E-state index in [0.29, 0.717) is 26.5 Å². The van der Waals surface area contributed by atoms with Crippen LogP contribution in [0.15, 0.2) is 54.6 Å². The maximum absolute atomic E-state index is 12.5. The summed E-state index contributed by atoms with van der Waals surface area (Å²) in [7, 11) is 0. The number of anilines is 2. The molecule has 7 heteroatoms. The number of aromatic amines is 1. The Kier molecular flexibility index (Phi) is 4.67. The van der Waals surface area contributed by atoms with E-state index in [-0.39, 0.29) is 11.8 Å². The molecule has 4 rings (SSSR count). The van der Waals surface area contributed by atoms with Gasteiger partial charge in [-0.05, 0) is 44.2 Å². The Labute approximate surface area is 165 Å². The lowest BCUT2D eigenvalue weighted by Gasteiger charge is -2.04. The highest BCUT2D eigenvalue weighted by atomic mass is 32.1. The van der Waals surface area contributed by atoms with E-state index in [9.17, 15) is 9.59 Å². The summed E-state index contributed by atoms with van der Waals surface area (Å²) in [5.74, 6) is 0.0382. The standard InChI is InChI=1S/C21H18N4O2S/c1-12-3-7-14(8-4-12)19(26)23-18-16-11-17(28-21(16)25-24-18)20(27)22-15-9-5-13(2)6-10-15/h3-11H,1-2H3,(H,22,27)(H2,23,24,25,26). The molecule has 28 heavy (non-hydrogen) atoms. The van der Waals surface area contributed by atoms with Crippen molar-refractivity contribution in [2.24, 2.45) is 0 Å². The number of aryl methyl sites for hydroxylation is 2. The predicted octanol–water partition coefficient (Wildman–Crippen LogP) is 4.75. The summed E-state index contributed by atoms with van der Waals surface area (Å²) in [5.41, 5.74) is 3.50. The van der Waals surface area contributed by atoms with Gasteiger partial charge in [0.2, 0.25) is 0 Å². The minimum absolute atomic E-state index is 0.206. The molecule has 2 amide bonds. The molecule has 4 aromatic rings. The second kappa shape index (κ2) is 7.28. The van der Waals surface area contributed by atoms with Crippen molar-refractivity contribution >= 4 is 44.9 Å². The molecular formula is C21H18N4O2S. The molecule has 140 valence electrons. The normalized spacial score (nSPS) is 10.8. The molecule has 0 aliphatic heterocycles. The van der Waals surface area contributed by atoms with Crippen LogP contribution >= 0.6 is 11.3 Å². The summed E-state index contributed by atoms with van der Waals surface area (Å²) >= 11 is 1.27. The largest absolute Gasteiger partial charge is 0.321 e. The summed E-state index contributed by atoms with van der Waals surface area (Å²) in [5, 5.41) is 13.4. The number of benzene rings is 2. The maximum Gasteiger partial charge on any atom is 0.265 e. The van der Waals surface area contributed by atoms with Gasteiger partial charge in [0.1, 0.15) is 10.6 Å². The van der Waals surface area contributed by atoms with Gasteiger partial charge in [-0.25, -0.2) is 0 Å². The molecule has 0 saturated carbocycles. The lowest BCUT2D eigenvalue weighted by atomic mass is 10.1. The molecule has 0 aliphatic rings. The highest BCUT2D eigenvalue weighted by Gasteiger charge is 2.17. The first-order valence-corrected chi connectivity index (χ1v) is 9.55. The van der Waals surface area contributed by atoms with Gasteiger partial charge in [-0.1, -0.05) is 35.4 Å². The van der Waals surface area contributed by atoms with Gasteiger partial charge in [0.15, 0.2) is 0 Å². The second-order valence-electron chi connectivity index (χ2n) is 6.57. The second-order valence-corrected chi connectivity index (χ2v) is 7.60. The Morgan fingerprint density at radius 2 is 1.54 bits per heavy atom. The third-order valence-corrected chi connectivity index (χ3v) is 5.36. The quantitative estimate of drug-likeness (QED) is 0.470. The molecule has 2 heterocycles. The fourth-order valence-corrected chi connectivity index (χ4v) is 3.63. The monoisotopic (exact) mass is 390 g/mol. The van der Waals surface area contributed by atoms with Gasteiger partial charge in [-0.15, -0.1) is 11.3 Å². The number of thiophene rings is 1. The average molecular weight is 390 g/mol. The summed E-state index contributed by atoms with van der Waals surface area (Å²) < 4.78 is 0. The van der Waals surface area contributed by atoms with E-state index >= 15 is 0 Å². The van der Waals surface area contributed by atoms with E-state index in [4.69, 9.17) is 0 Å². The number of hydrogen-bond acceptors (Lipinski definition) is 4. The number of nitrogens with zero attached hydrogens (tertiary/aromatic N) is 1. The van der Waals surface area contributed by atoms with Gasteiger partial charge in [0.05, 0.1) is 10.3 Å². The molecule has 0 fully saturated rings. The SMILES string of the molecule is Cc1ccc(NC(=O)c2cc3c(NC(=O)c4ccc(C)cc4)[nH]nc3s2)cc1. The number of amides is 2. The van der Waals surface area contributed by atoms with Crippen molar-refractivity contribution in [2.45, 2.75) is 13.8 Å². The molecular weight excluding hydrogens is 372 g/mol. The van der Waals surface area contributed by atoms with Gasteiger partial charge in [-0.2, -0.15) is 5.10 Å². The Morgan fingerprint density at radius 3 is 2.21 bits per heavy atom. The molecule has 2 aromatic heterocycles. The number of rotatable bonds is 4. The highest BCUT2D eigenvalue weighted by Crippen LogP contribution is 2.30. The summed E-state index contributed by atoms with van der Waals surface area (Å²) in [6, 6.07) is 16.6. The highest BCUT2D eigenvalue weighted by molar-refractivity contribution is 7.20. The fourth-order valence-electron chi connectivity index (χ4n) is 2.74. The van der Waals surface area contributed by atoms with Crippen LogP contribution in [-0.4, -0.2) is 22.0 Å². The lowest BCUT2D eigenvalue weighted by Crippen LogP contribution is -2.12. The smallest absolute Gasteiger partial charge is 0.265 e. The zero-order valence-electron chi connectivity index (χ0n) is 15.4. The summed E-state index contributed by atoms with van der Waals surface area (Å²) in [6.45, 7) is 3.96. The van der Waals surface area contributed by atoms with E-state index in [1.54, 1.807) is 18.2 Å². The van der Waals surface area contributed by atoms with Gasteiger partial charge < -0.3 is 10.6 Å². The number of aromatic nitrogens is 2. The van der Waals surface area contributed by atoms with Crippen molar-refractivity contribution < 1.29 is 9.59 Å². The van der Waals surface area contributed by atoms with E-state index < -0.39 is 0 Å². The van der Waals surface area contributed by atoms with Crippen LogP contribution < -0.4 is 10.6 Å². The van der Waals surface area contributed by atoms with Crippen LogP contribution in [0.2, 0.25) is 0 Å². The van der Waals surface area contributed by atoms with E-state index in [2.05, 4.69) is 20.8 Å². The van der Waals surface area contributed by atoms with Crippen LogP contribution in [-0.2, 0) is 0 Å². The van der Waals surface area contributed by atoms with E-state index in [1.165, 1.54) is 11.3 Å². The Morgan fingerprint density at radius 1 is 0.893 bits per heavy atom. The van der Waals surface area contributed by atoms with Gasteiger partial charge in [0.25, 0.3) is 11.8 Å². The average Bonchev–Trinajstić information content (AvgIpc) is 3.26. The first-order valence-electron chi connectivity index (χ1n) is 8.73. The van der Waals surface area contributed by atoms with Crippen LogP contribution in [0.3, 0.4) is 0 Å². The Bertz CT molecular complexity index is 1160.